The summed E-state index contributed by atoms with van der Waals surface area (Å²) in [6.45, 7) is 14.5. The van der Waals surface area contributed by atoms with Gasteiger partial charge in [-0.2, -0.15) is 0 Å². The van der Waals surface area contributed by atoms with E-state index < -0.39 is 56.7 Å². The van der Waals surface area contributed by atoms with Crippen LogP contribution in [0.2, 0.25) is 0 Å². The summed E-state index contributed by atoms with van der Waals surface area (Å²) < 4.78 is 50.8. The molecule has 76 heavy (non-hydrogen) atoms. The van der Waals surface area contributed by atoms with Gasteiger partial charge in [0.1, 0.15) is 25.2 Å². The van der Waals surface area contributed by atoms with E-state index in [0.29, 0.717) is 66.7 Å². The van der Waals surface area contributed by atoms with Crippen LogP contribution in [0.25, 0.3) is 22.3 Å². The number of ether oxygens (including phenoxy) is 2. The number of hydrogen-bond acceptors (Lipinski definition) is 15. The molecule has 1 aromatic carbocycles. The molecule has 0 bridgehead atoms. The van der Waals surface area contributed by atoms with Crippen LogP contribution in [0, 0.1) is 30.5 Å². The number of nitrogens with zero attached hydrogens (tertiary/aromatic N) is 5. The topological polar surface area (TPSA) is 253 Å². The van der Waals surface area contributed by atoms with Crippen LogP contribution in [-0.4, -0.2) is 126 Å². The van der Waals surface area contributed by atoms with Crippen LogP contribution in [0.1, 0.15) is 132 Å². The number of rotatable bonds is 28. The highest BCUT2D eigenvalue weighted by Crippen LogP contribution is 2.41. The molecule has 0 aliphatic carbocycles. The molecule has 19 nitrogen and oxygen atoms in total. The van der Waals surface area contributed by atoms with Crippen molar-refractivity contribution in [3.8, 4) is 23.2 Å². The lowest BCUT2D eigenvalue weighted by Crippen LogP contribution is -2.55. The molecule has 21 heteroatoms. The van der Waals surface area contributed by atoms with Crippen molar-refractivity contribution in [1.29, 1.82) is 0 Å². The van der Waals surface area contributed by atoms with Crippen molar-refractivity contribution in [2.24, 2.45) is 5.92 Å². The second kappa shape index (κ2) is 27.2. The average molecular weight is 1070 g/mol. The number of hydrogen-bond donors (Lipinski definition) is 5. The summed E-state index contributed by atoms with van der Waals surface area (Å²) in [5.41, 5.74) is 1.82. The number of fused-ring (bicyclic) bond motifs is 5. The third-order valence-electron chi connectivity index (χ3n) is 13.8. The number of benzene rings is 1. The number of cyclic esters (lactones) is 1. The van der Waals surface area contributed by atoms with E-state index in [2.05, 4.69) is 61.8 Å². The number of aromatic nitrogens is 4. The van der Waals surface area contributed by atoms with Crippen molar-refractivity contribution >= 4 is 44.4 Å². The molecule has 0 unspecified atom stereocenters. The van der Waals surface area contributed by atoms with Gasteiger partial charge in [0, 0.05) is 54.3 Å². The maximum atomic E-state index is 15.0. The summed E-state index contributed by atoms with van der Waals surface area (Å²) >= 11 is 0. The molecule has 0 fully saturated rings. The zero-order valence-corrected chi connectivity index (χ0v) is 45.7. The van der Waals surface area contributed by atoms with Gasteiger partial charge in [-0.3, -0.25) is 19.2 Å². The van der Waals surface area contributed by atoms with Gasteiger partial charge in [-0.15, -0.1) is 0 Å². The van der Waals surface area contributed by atoms with Gasteiger partial charge in [-0.1, -0.05) is 46.5 Å². The van der Waals surface area contributed by atoms with E-state index in [-0.39, 0.29) is 67.6 Å². The SMILES string of the molecule is CCCN(CCC)CCCC[C@H](NC(=O)[C@@H](NCCCCC#Cc1cnc(S(C)(=O)=O)nc1)C(C)C)C(=O)NCC(=O)NCOCCCc1c2c(nc3cc(F)c(C)cc13)-c1cc3c(c(=O)n1C2)COC(=O)[C@]3(O)CC. The molecule has 0 radical (unpaired) electrons. The first kappa shape index (κ1) is 59.1. The standard InChI is InChI=1S/C55H74FN9O10S/c1-8-22-64(23-9-2)24-16-14-20-44(63-51(68)48(35(4)5)57-21-15-12-11-13-18-37-29-59-54(60-30-37)76(7,72)73)50(67)58-31-47(66)61-34-74-25-17-19-38-39-26-36(6)43(56)28-45(39)62-49-40(38)32-65-46(49)27-42-41(52(65)69)33-75-53(70)55(42,71)10-3/h26-30,35,44,48,57,71H,8-12,14-17,19-25,31-34H2,1-7H3,(H,58,67)(H,61,66)(H,63,68)/t44-,48-,55-/m0/s1. The fraction of sp³-hybridized carbons (Fsp3) is 0.564. The molecule has 5 N–H and O–H groups in total. The maximum Gasteiger partial charge on any atom is 0.343 e. The molecule has 5 heterocycles. The van der Waals surface area contributed by atoms with Crippen LogP contribution in [-0.2, 0) is 63.7 Å². The Morgan fingerprint density at radius 3 is 2.39 bits per heavy atom. The summed E-state index contributed by atoms with van der Waals surface area (Å²) in [4.78, 5) is 82.0. The molecule has 3 amide bonds. The van der Waals surface area contributed by atoms with Gasteiger partial charge in [-0.05, 0) is 126 Å². The van der Waals surface area contributed by atoms with Gasteiger partial charge < -0.3 is 45.3 Å². The Kier molecular flexibility index (Phi) is 21.2. The predicted octanol–water partition coefficient (Wildman–Crippen LogP) is 4.47. The minimum atomic E-state index is -3.50. The predicted molar refractivity (Wildman–Crippen MR) is 285 cm³/mol. The van der Waals surface area contributed by atoms with Crippen LogP contribution in [0.3, 0.4) is 0 Å². The lowest BCUT2D eigenvalue weighted by Gasteiger charge is -2.31. The highest BCUT2D eigenvalue weighted by atomic mass is 32.2. The van der Waals surface area contributed by atoms with Gasteiger partial charge in [0.2, 0.25) is 32.7 Å². The van der Waals surface area contributed by atoms with E-state index in [0.717, 1.165) is 74.5 Å². The maximum absolute atomic E-state index is 15.0. The molecule has 412 valence electrons. The third-order valence-corrected chi connectivity index (χ3v) is 14.6. The van der Waals surface area contributed by atoms with Crippen molar-refractivity contribution in [3.05, 3.63) is 80.1 Å². The van der Waals surface area contributed by atoms with Crippen LogP contribution < -0.4 is 26.8 Å². The summed E-state index contributed by atoms with van der Waals surface area (Å²) in [6.07, 6.45) is 10.7. The van der Waals surface area contributed by atoms with Crippen molar-refractivity contribution in [1.82, 2.24) is 45.7 Å². The van der Waals surface area contributed by atoms with Gasteiger partial charge >= 0.3 is 5.97 Å². The zero-order chi connectivity index (χ0) is 55.2. The number of amides is 3. The first-order valence-electron chi connectivity index (χ1n) is 26.5. The van der Waals surface area contributed by atoms with Crippen LogP contribution in [0.5, 0.6) is 0 Å². The summed E-state index contributed by atoms with van der Waals surface area (Å²) in [6, 6.07) is 3.26. The monoisotopic (exact) mass is 1070 g/mol. The average Bonchev–Trinajstić information content (AvgIpc) is 3.75. The second-order valence-corrected chi connectivity index (χ2v) is 21.9. The molecule has 0 saturated heterocycles. The Morgan fingerprint density at radius 1 is 0.974 bits per heavy atom. The van der Waals surface area contributed by atoms with E-state index in [1.54, 1.807) is 30.5 Å². The summed E-state index contributed by atoms with van der Waals surface area (Å²) in [5, 5.41) is 23.5. The van der Waals surface area contributed by atoms with E-state index in [4.69, 9.17) is 14.5 Å². The molecule has 0 spiro atoms. The third kappa shape index (κ3) is 14.8. The number of unbranched alkanes of at least 4 members (excludes halogenated alkanes) is 3. The van der Waals surface area contributed by atoms with Gasteiger partial charge in [0.25, 0.3) is 5.56 Å². The minimum Gasteiger partial charge on any atom is -0.458 e. The van der Waals surface area contributed by atoms with Gasteiger partial charge in [0.15, 0.2) is 5.60 Å². The van der Waals surface area contributed by atoms with Crippen molar-refractivity contribution in [2.45, 2.75) is 148 Å². The number of carbonyl (C=O) groups excluding carboxylic acids is 4. The van der Waals surface area contributed by atoms with Gasteiger partial charge in [-0.25, -0.2) is 32.6 Å². The van der Waals surface area contributed by atoms with Crippen LogP contribution >= 0.6 is 0 Å². The molecule has 2 aliphatic heterocycles. The smallest absolute Gasteiger partial charge is 0.343 e. The fourth-order valence-corrected chi connectivity index (χ4v) is 10.1. The fourth-order valence-electron chi connectivity index (χ4n) is 9.63. The number of aryl methyl sites for hydroxylation is 2. The Hall–Kier alpha value is -6.18. The number of sulfone groups is 1. The van der Waals surface area contributed by atoms with E-state index in [1.165, 1.54) is 18.5 Å². The highest BCUT2D eigenvalue weighted by molar-refractivity contribution is 7.90. The zero-order valence-electron chi connectivity index (χ0n) is 44.9. The Balaban J connectivity index is 1.01. The van der Waals surface area contributed by atoms with Gasteiger partial charge in [0.05, 0.1) is 47.2 Å². The first-order valence-corrected chi connectivity index (χ1v) is 28.4. The van der Waals surface area contributed by atoms with Crippen molar-refractivity contribution in [3.63, 3.8) is 0 Å². The number of halogens is 1. The summed E-state index contributed by atoms with van der Waals surface area (Å²) in [7, 11) is -3.50. The molecule has 4 aromatic rings. The number of nitrogens with one attached hydrogen (secondary N) is 4. The minimum absolute atomic E-state index is 0.00234. The van der Waals surface area contributed by atoms with Crippen LogP contribution in [0.15, 0.2) is 40.5 Å². The molecular weight excluding hydrogens is 998 g/mol. The molecule has 3 atom stereocenters. The number of aliphatic hydroxyl groups is 1. The Labute approximate surface area is 444 Å². The number of esters is 1. The van der Waals surface area contributed by atoms with Crippen LogP contribution in [0.4, 0.5) is 4.39 Å². The molecule has 3 aromatic heterocycles. The van der Waals surface area contributed by atoms with Crippen molar-refractivity contribution < 1.29 is 46.6 Å². The summed E-state index contributed by atoms with van der Waals surface area (Å²) in [5.74, 6) is 3.36. The van der Waals surface area contributed by atoms with E-state index >= 15 is 0 Å². The lowest BCUT2D eigenvalue weighted by atomic mass is 9.86. The van der Waals surface area contributed by atoms with E-state index in [9.17, 15) is 41.9 Å². The number of carbonyl (C=O) groups is 4. The largest absolute Gasteiger partial charge is 0.458 e. The Bertz CT molecular complexity index is 2970. The molecule has 0 saturated carbocycles. The molecule has 2 aliphatic rings. The number of pyridine rings is 2. The highest BCUT2D eigenvalue weighted by Gasteiger charge is 2.45. The van der Waals surface area contributed by atoms with E-state index in [1.807, 2.05) is 13.8 Å². The Morgan fingerprint density at radius 2 is 1.71 bits per heavy atom. The normalized spacial score (nSPS) is 15.6. The van der Waals surface area contributed by atoms with Crippen molar-refractivity contribution in [2.75, 3.05) is 52.3 Å². The lowest BCUT2D eigenvalue weighted by molar-refractivity contribution is -0.172. The quantitative estimate of drug-likeness (QED) is 0.0152. The second-order valence-electron chi connectivity index (χ2n) is 20.0. The first-order chi connectivity index (χ1) is 36.3. The molecule has 6 rings (SSSR count). The molecular formula is C55H74FN9O10S.